The maximum Gasteiger partial charge on any atom is 0.330 e. The van der Waals surface area contributed by atoms with Gasteiger partial charge in [0, 0.05) is 12.5 Å². The zero-order chi connectivity index (χ0) is 11.7. The Morgan fingerprint density at radius 1 is 1.25 bits per heavy atom. The minimum absolute atomic E-state index is 0. The monoisotopic (exact) mass is 231 g/mol. The van der Waals surface area contributed by atoms with Crippen LogP contribution in [-0.4, -0.2) is 48.7 Å². The van der Waals surface area contributed by atoms with Crippen LogP contribution in [0.15, 0.2) is 12.7 Å². The van der Waals surface area contributed by atoms with Crippen LogP contribution in [0.25, 0.3) is 0 Å². The molecule has 0 rings (SSSR count). The number of nitrogens with zero attached hydrogens (tertiary/aromatic N) is 1. The summed E-state index contributed by atoms with van der Waals surface area (Å²) in [5.41, 5.74) is 0. The summed E-state index contributed by atoms with van der Waals surface area (Å²) in [5, 5.41) is 0. The maximum absolute atomic E-state index is 10.8. The van der Waals surface area contributed by atoms with Gasteiger partial charge in [0.05, 0.1) is 32.8 Å². The fraction of sp³-hybridized carbons (Fsp3) is 0.750. The van der Waals surface area contributed by atoms with Crippen LogP contribution >= 0.6 is 0 Å². The molecular formula is C12H25NO3. The molecule has 0 fully saturated rings. The standard InChI is InChI=1S/C12H24NO2.H2O/c1-5-12(14)15-11-9-10-13(6-2,7-3)8-4;/h5H,1,6-11H2,2-4H3;1H2/q+1;/p-1. The van der Waals surface area contributed by atoms with E-state index >= 15 is 0 Å². The van der Waals surface area contributed by atoms with Crippen molar-refractivity contribution < 1.29 is 19.5 Å². The topological polar surface area (TPSA) is 56.3 Å². The van der Waals surface area contributed by atoms with Crippen molar-refractivity contribution in [1.82, 2.24) is 0 Å². The summed E-state index contributed by atoms with van der Waals surface area (Å²) in [5.74, 6) is -0.322. The lowest BCUT2D eigenvalue weighted by Gasteiger charge is -2.35. The molecule has 0 radical (unpaired) electrons. The lowest BCUT2D eigenvalue weighted by Crippen LogP contribution is -2.48. The zero-order valence-corrected chi connectivity index (χ0v) is 10.7. The molecule has 96 valence electrons. The highest BCUT2D eigenvalue weighted by atomic mass is 16.5. The van der Waals surface area contributed by atoms with E-state index in [1.807, 2.05) is 0 Å². The average molecular weight is 231 g/mol. The van der Waals surface area contributed by atoms with Crippen LogP contribution in [0.3, 0.4) is 0 Å². The van der Waals surface area contributed by atoms with E-state index in [4.69, 9.17) is 4.74 Å². The quantitative estimate of drug-likeness (QED) is 0.277. The first kappa shape index (κ1) is 17.5. The predicted octanol–water partition coefficient (Wildman–Crippen LogP) is 1.81. The fourth-order valence-electron chi connectivity index (χ4n) is 1.78. The minimum atomic E-state index is -0.322. The highest BCUT2D eigenvalue weighted by molar-refractivity contribution is 5.81. The molecule has 0 atom stereocenters. The molecule has 0 spiro atoms. The lowest BCUT2D eigenvalue weighted by atomic mass is 10.3. The number of ether oxygens (including phenoxy) is 1. The summed E-state index contributed by atoms with van der Waals surface area (Å²) in [7, 11) is 0. The molecule has 0 saturated heterocycles. The third-order valence-electron chi connectivity index (χ3n) is 3.20. The number of esters is 1. The van der Waals surface area contributed by atoms with Gasteiger partial charge >= 0.3 is 5.97 Å². The van der Waals surface area contributed by atoms with Gasteiger partial charge in [-0.25, -0.2) is 4.79 Å². The molecule has 0 amide bonds. The van der Waals surface area contributed by atoms with Crippen molar-refractivity contribution >= 4 is 5.97 Å². The van der Waals surface area contributed by atoms with E-state index in [1.54, 1.807) is 0 Å². The highest BCUT2D eigenvalue weighted by Crippen LogP contribution is 2.07. The Morgan fingerprint density at radius 3 is 2.12 bits per heavy atom. The molecule has 0 aromatic heterocycles. The second kappa shape index (κ2) is 9.36. The number of hydrogen-bond donors (Lipinski definition) is 0. The van der Waals surface area contributed by atoms with Gasteiger partial charge in [0.1, 0.15) is 0 Å². The van der Waals surface area contributed by atoms with Crippen LogP contribution in [0, 0.1) is 0 Å². The van der Waals surface area contributed by atoms with Crippen molar-refractivity contribution in [3.8, 4) is 0 Å². The Hall–Kier alpha value is -0.870. The third-order valence-corrected chi connectivity index (χ3v) is 3.20. The Labute approximate surface area is 98.8 Å². The van der Waals surface area contributed by atoms with E-state index < -0.39 is 0 Å². The van der Waals surface area contributed by atoms with Gasteiger partial charge in [-0.3, -0.25) is 0 Å². The van der Waals surface area contributed by atoms with Gasteiger partial charge in [-0.05, 0) is 20.8 Å². The first-order valence-electron chi connectivity index (χ1n) is 5.78. The molecule has 0 heterocycles. The Morgan fingerprint density at radius 2 is 1.75 bits per heavy atom. The van der Waals surface area contributed by atoms with Crippen molar-refractivity contribution in [2.75, 3.05) is 32.8 Å². The van der Waals surface area contributed by atoms with Gasteiger partial charge in [-0.1, -0.05) is 6.58 Å². The SMILES string of the molecule is C=CC(=O)OCCC[N+](CC)(CC)CC.[OH-]. The summed E-state index contributed by atoms with van der Waals surface area (Å²) >= 11 is 0. The van der Waals surface area contributed by atoms with E-state index in [0.717, 1.165) is 37.1 Å². The van der Waals surface area contributed by atoms with Crippen LogP contribution in [-0.2, 0) is 9.53 Å². The van der Waals surface area contributed by atoms with Crippen molar-refractivity contribution in [1.29, 1.82) is 0 Å². The number of quaternary nitrogens is 1. The summed E-state index contributed by atoms with van der Waals surface area (Å²) in [6, 6.07) is 0. The first-order valence-corrected chi connectivity index (χ1v) is 5.78. The van der Waals surface area contributed by atoms with Gasteiger partial charge in [-0.2, -0.15) is 0 Å². The second-order valence-electron chi connectivity index (χ2n) is 3.74. The Kier molecular flexibility index (Phi) is 10.3. The fourth-order valence-corrected chi connectivity index (χ4v) is 1.78. The lowest BCUT2D eigenvalue weighted by molar-refractivity contribution is -0.923. The smallest absolute Gasteiger partial charge is 0.330 e. The molecule has 0 aromatic rings. The summed E-state index contributed by atoms with van der Waals surface area (Å²) in [4.78, 5) is 10.8. The maximum atomic E-state index is 10.8. The molecule has 1 N–H and O–H groups in total. The number of carbonyl (C=O) groups is 1. The van der Waals surface area contributed by atoms with E-state index in [0.29, 0.717) is 6.61 Å². The number of carbonyl (C=O) groups excluding carboxylic acids is 1. The molecular weight excluding hydrogens is 206 g/mol. The van der Waals surface area contributed by atoms with Crippen molar-refractivity contribution in [3.05, 3.63) is 12.7 Å². The van der Waals surface area contributed by atoms with Crippen molar-refractivity contribution in [2.24, 2.45) is 0 Å². The van der Waals surface area contributed by atoms with Gasteiger partial charge < -0.3 is 14.7 Å². The van der Waals surface area contributed by atoms with Crippen LogP contribution in [0.5, 0.6) is 0 Å². The van der Waals surface area contributed by atoms with E-state index in [1.165, 1.54) is 6.08 Å². The Balaban J connectivity index is 0. The molecule has 4 nitrogen and oxygen atoms in total. The summed E-state index contributed by atoms with van der Waals surface area (Å²) in [6.45, 7) is 15.0. The van der Waals surface area contributed by atoms with Crippen LogP contribution < -0.4 is 0 Å². The third kappa shape index (κ3) is 5.88. The first-order chi connectivity index (χ1) is 7.14. The molecule has 0 aliphatic heterocycles. The van der Waals surface area contributed by atoms with Gasteiger partial charge in [0.15, 0.2) is 0 Å². The number of rotatable bonds is 8. The molecule has 0 bridgehead atoms. The van der Waals surface area contributed by atoms with Gasteiger partial charge in [0.2, 0.25) is 0 Å². The van der Waals surface area contributed by atoms with Crippen LogP contribution in [0.4, 0.5) is 0 Å². The molecule has 4 heteroatoms. The molecule has 0 saturated carbocycles. The van der Waals surface area contributed by atoms with E-state index in [-0.39, 0.29) is 11.4 Å². The van der Waals surface area contributed by atoms with E-state index in [2.05, 4.69) is 27.4 Å². The molecule has 0 aliphatic rings. The predicted molar refractivity (Wildman–Crippen MR) is 64.5 cm³/mol. The van der Waals surface area contributed by atoms with Crippen molar-refractivity contribution in [2.45, 2.75) is 27.2 Å². The highest BCUT2D eigenvalue weighted by Gasteiger charge is 2.19. The molecule has 0 aromatic carbocycles. The average Bonchev–Trinajstić information content (AvgIpc) is 2.30. The largest absolute Gasteiger partial charge is 0.870 e. The number of hydrogen-bond acceptors (Lipinski definition) is 3. The minimum Gasteiger partial charge on any atom is -0.870 e. The molecule has 0 unspecified atom stereocenters. The summed E-state index contributed by atoms with van der Waals surface area (Å²) < 4.78 is 6.06. The zero-order valence-electron chi connectivity index (χ0n) is 10.7. The normalized spacial score (nSPS) is 10.4. The molecule has 0 aliphatic carbocycles. The second-order valence-corrected chi connectivity index (χ2v) is 3.74. The van der Waals surface area contributed by atoms with Gasteiger partial charge in [-0.15, -0.1) is 0 Å². The van der Waals surface area contributed by atoms with E-state index in [9.17, 15) is 4.79 Å². The summed E-state index contributed by atoms with van der Waals surface area (Å²) in [6.07, 6.45) is 2.14. The Bertz CT molecular complexity index is 192. The van der Waals surface area contributed by atoms with Gasteiger partial charge in [0.25, 0.3) is 0 Å². The van der Waals surface area contributed by atoms with Crippen LogP contribution in [0.2, 0.25) is 0 Å². The van der Waals surface area contributed by atoms with Crippen molar-refractivity contribution in [3.63, 3.8) is 0 Å². The van der Waals surface area contributed by atoms with Crippen LogP contribution in [0.1, 0.15) is 27.2 Å². The molecule has 16 heavy (non-hydrogen) atoms.